The zero-order valence-corrected chi connectivity index (χ0v) is 12.1. The fourth-order valence-electron chi connectivity index (χ4n) is 1.85. The molecule has 2 rings (SSSR count). The Morgan fingerprint density at radius 3 is 2.78 bits per heavy atom. The summed E-state index contributed by atoms with van der Waals surface area (Å²) in [5.41, 5.74) is 0.909. The summed E-state index contributed by atoms with van der Waals surface area (Å²) in [6.45, 7) is 8.54. The topological polar surface area (TPSA) is 53.6 Å². The van der Waals surface area contributed by atoms with Crippen LogP contribution in [0.1, 0.15) is 38.8 Å². The van der Waals surface area contributed by atoms with Gasteiger partial charge < -0.3 is 10.3 Å². The highest BCUT2D eigenvalue weighted by Gasteiger charge is 2.14. The van der Waals surface area contributed by atoms with Crippen LogP contribution in [0.4, 0.5) is 5.82 Å². The lowest BCUT2D eigenvalue weighted by molar-refractivity contribution is 0.872. The first kappa shape index (κ1) is 13.2. The van der Waals surface area contributed by atoms with E-state index in [4.69, 9.17) is 0 Å². The molecule has 2 N–H and O–H groups in total. The maximum absolute atomic E-state index is 4.67. The lowest BCUT2D eigenvalue weighted by Gasteiger charge is -2.14. The van der Waals surface area contributed by atoms with Crippen LogP contribution in [0, 0.1) is 0 Å². The SMILES string of the molecule is CCSC(C)c1nc(NC(C)C)c2cc[nH]c2n1. The number of anilines is 1. The van der Waals surface area contributed by atoms with Gasteiger partial charge in [0, 0.05) is 12.2 Å². The molecule has 4 nitrogen and oxygen atoms in total. The highest BCUT2D eigenvalue weighted by Crippen LogP contribution is 2.28. The third-order valence-corrected chi connectivity index (χ3v) is 3.68. The molecule has 1 atom stereocenters. The number of nitrogens with zero attached hydrogens (tertiary/aromatic N) is 2. The van der Waals surface area contributed by atoms with Crippen LogP contribution < -0.4 is 5.32 Å². The quantitative estimate of drug-likeness (QED) is 0.866. The van der Waals surface area contributed by atoms with E-state index < -0.39 is 0 Å². The van der Waals surface area contributed by atoms with Gasteiger partial charge in [-0.05, 0) is 32.6 Å². The summed E-state index contributed by atoms with van der Waals surface area (Å²) in [5.74, 6) is 2.88. The van der Waals surface area contributed by atoms with Crippen LogP contribution >= 0.6 is 11.8 Å². The van der Waals surface area contributed by atoms with Crippen molar-refractivity contribution < 1.29 is 0 Å². The summed E-state index contributed by atoms with van der Waals surface area (Å²) in [5, 5.41) is 4.76. The van der Waals surface area contributed by atoms with Gasteiger partial charge in [-0.2, -0.15) is 11.8 Å². The minimum Gasteiger partial charge on any atom is -0.367 e. The summed E-state index contributed by atoms with van der Waals surface area (Å²) in [7, 11) is 0. The molecular formula is C13H20N4S. The van der Waals surface area contributed by atoms with Crippen LogP contribution in [0.2, 0.25) is 0 Å². The number of aromatic amines is 1. The van der Waals surface area contributed by atoms with E-state index in [1.807, 2.05) is 24.0 Å². The predicted molar refractivity (Wildman–Crippen MR) is 79.2 cm³/mol. The van der Waals surface area contributed by atoms with Crippen molar-refractivity contribution in [1.82, 2.24) is 15.0 Å². The number of thioether (sulfide) groups is 1. The third-order valence-electron chi connectivity index (χ3n) is 2.64. The summed E-state index contributed by atoms with van der Waals surface area (Å²) >= 11 is 1.86. The Bertz CT molecular complexity index is 521. The smallest absolute Gasteiger partial charge is 0.145 e. The predicted octanol–water partition coefficient (Wildman–Crippen LogP) is 3.59. The Labute approximate surface area is 112 Å². The van der Waals surface area contributed by atoms with Crippen LogP contribution in [0.25, 0.3) is 11.0 Å². The van der Waals surface area contributed by atoms with E-state index in [-0.39, 0.29) is 0 Å². The van der Waals surface area contributed by atoms with E-state index in [0.29, 0.717) is 11.3 Å². The maximum Gasteiger partial charge on any atom is 0.145 e. The summed E-state index contributed by atoms with van der Waals surface area (Å²) < 4.78 is 0. The van der Waals surface area contributed by atoms with Crippen LogP contribution in [0.15, 0.2) is 12.3 Å². The number of aromatic nitrogens is 3. The van der Waals surface area contributed by atoms with Gasteiger partial charge in [0.15, 0.2) is 0 Å². The van der Waals surface area contributed by atoms with Gasteiger partial charge >= 0.3 is 0 Å². The Balaban J connectivity index is 2.43. The molecule has 18 heavy (non-hydrogen) atoms. The molecule has 0 aliphatic heterocycles. The molecule has 0 aromatic carbocycles. The first-order valence-electron chi connectivity index (χ1n) is 6.35. The van der Waals surface area contributed by atoms with E-state index in [9.17, 15) is 0 Å². The fraction of sp³-hybridized carbons (Fsp3) is 0.538. The normalized spacial score (nSPS) is 13.2. The molecule has 0 saturated carbocycles. The number of H-pyrrole nitrogens is 1. The first-order valence-corrected chi connectivity index (χ1v) is 7.39. The highest BCUT2D eigenvalue weighted by atomic mass is 32.2. The van der Waals surface area contributed by atoms with E-state index in [2.05, 4.69) is 48.0 Å². The van der Waals surface area contributed by atoms with Crippen molar-refractivity contribution in [3.63, 3.8) is 0 Å². The van der Waals surface area contributed by atoms with Gasteiger partial charge in [0.25, 0.3) is 0 Å². The van der Waals surface area contributed by atoms with Gasteiger partial charge in [-0.3, -0.25) is 0 Å². The summed E-state index contributed by atoms with van der Waals surface area (Å²) in [6.07, 6.45) is 1.91. The third kappa shape index (κ3) is 2.77. The zero-order chi connectivity index (χ0) is 13.1. The number of rotatable bonds is 5. The van der Waals surface area contributed by atoms with E-state index in [1.165, 1.54) is 0 Å². The number of hydrogen-bond acceptors (Lipinski definition) is 4. The Kier molecular flexibility index (Phi) is 4.11. The van der Waals surface area contributed by atoms with Crippen LogP contribution in [0.3, 0.4) is 0 Å². The first-order chi connectivity index (χ1) is 8.61. The van der Waals surface area contributed by atoms with Crippen LogP contribution in [0.5, 0.6) is 0 Å². The molecule has 0 fully saturated rings. The van der Waals surface area contributed by atoms with Crippen molar-refractivity contribution in [1.29, 1.82) is 0 Å². The van der Waals surface area contributed by atoms with Gasteiger partial charge in [-0.15, -0.1) is 0 Å². The molecule has 0 bridgehead atoms. The number of nitrogens with one attached hydrogen (secondary N) is 2. The van der Waals surface area contributed by atoms with E-state index in [1.54, 1.807) is 0 Å². The average molecular weight is 264 g/mol. The second-order valence-electron chi connectivity index (χ2n) is 4.57. The highest BCUT2D eigenvalue weighted by molar-refractivity contribution is 7.99. The largest absolute Gasteiger partial charge is 0.367 e. The Morgan fingerprint density at radius 1 is 1.33 bits per heavy atom. The van der Waals surface area contributed by atoms with Crippen molar-refractivity contribution in [3.8, 4) is 0 Å². The fourth-order valence-corrected chi connectivity index (χ4v) is 2.60. The number of fused-ring (bicyclic) bond motifs is 1. The van der Waals surface area contributed by atoms with Gasteiger partial charge in [-0.25, -0.2) is 9.97 Å². The molecule has 2 aromatic rings. The zero-order valence-electron chi connectivity index (χ0n) is 11.3. The van der Waals surface area contributed by atoms with Gasteiger partial charge in [-0.1, -0.05) is 6.92 Å². The standard InChI is InChI=1S/C13H20N4S/c1-5-18-9(4)11-16-12-10(6-7-14-12)13(17-11)15-8(2)3/h6-9H,5H2,1-4H3,(H2,14,15,16,17). The minimum absolute atomic E-state index is 0.315. The molecule has 2 heterocycles. The molecule has 0 saturated heterocycles. The Morgan fingerprint density at radius 2 is 2.11 bits per heavy atom. The van der Waals surface area contributed by atoms with Crippen molar-refractivity contribution in [2.45, 2.75) is 39.0 Å². The summed E-state index contributed by atoms with van der Waals surface area (Å²) in [4.78, 5) is 12.4. The monoisotopic (exact) mass is 264 g/mol. The molecule has 5 heteroatoms. The summed E-state index contributed by atoms with van der Waals surface area (Å²) in [6, 6.07) is 2.38. The molecule has 0 amide bonds. The van der Waals surface area contributed by atoms with Crippen LogP contribution in [-0.2, 0) is 0 Å². The van der Waals surface area contributed by atoms with Crippen molar-refractivity contribution >= 4 is 28.6 Å². The van der Waals surface area contributed by atoms with Crippen molar-refractivity contribution in [3.05, 3.63) is 18.1 Å². The van der Waals surface area contributed by atoms with E-state index in [0.717, 1.165) is 28.4 Å². The lowest BCUT2D eigenvalue weighted by atomic mass is 10.3. The molecule has 0 spiro atoms. The molecule has 0 aliphatic carbocycles. The molecule has 2 aromatic heterocycles. The molecule has 0 aliphatic rings. The molecule has 1 unspecified atom stereocenters. The molecule has 0 radical (unpaired) electrons. The molecular weight excluding hydrogens is 244 g/mol. The maximum atomic E-state index is 4.67. The van der Waals surface area contributed by atoms with Crippen LogP contribution in [-0.4, -0.2) is 26.7 Å². The second kappa shape index (κ2) is 5.61. The number of hydrogen-bond donors (Lipinski definition) is 2. The van der Waals surface area contributed by atoms with Gasteiger partial charge in [0.2, 0.25) is 0 Å². The lowest BCUT2D eigenvalue weighted by Crippen LogP contribution is -2.13. The minimum atomic E-state index is 0.315. The van der Waals surface area contributed by atoms with Crippen molar-refractivity contribution in [2.24, 2.45) is 0 Å². The second-order valence-corrected chi connectivity index (χ2v) is 6.18. The Hall–Kier alpha value is -1.23. The van der Waals surface area contributed by atoms with E-state index >= 15 is 0 Å². The average Bonchev–Trinajstić information content (AvgIpc) is 2.76. The van der Waals surface area contributed by atoms with Crippen molar-refractivity contribution in [2.75, 3.05) is 11.1 Å². The molecule has 98 valence electrons. The van der Waals surface area contributed by atoms with Gasteiger partial charge in [0.1, 0.15) is 17.3 Å². The van der Waals surface area contributed by atoms with Gasteiger partial charge in [0.05, 0.1) is 10.6 Å².